The third kappa shape index (κ3) is 8.22. The van der Waals surface area contributed by atoms with Gasteiger partial charge in [-0.1, -0.05) is 67.8 Å². The van der Waals surface area contributed by atoms with E-state index in [1.807, 2.05) is 0 Å². The van der Waals surface area contributed by atoms with Crippen LogP contribution >= 0.6 is 0 Å². The van der Waals surface area contributed by atoms with Crippen molar-refractivity contribution in [2.45, 2.75) is 92.3 Å². The molecule has 0 amide bonds. The van der Waals surface area contributed by atoms with E-state index in [-0.39, 0.29) is 0 Å². The van der Waals surface area contributed by atoms with Gasteiger partial charge in [-0.15, -0.1) is 5.98 Å². The lowest BCUT2D eigenvalue weighted by Gasteiger charge is -2.40. The van der Waals surface area contributed by atoms with Gasteiger partial charge in [0, 0.05) is 6.54 Å². The molecular weight excluding hydrogens is 342 g/mol. The second-order valence-electron chi connectivity index (χ2n) is 10.0. The molecule has 2 aliphatic heterocycles. The SMILES string of the molecule is CC(C)N(B1C=CCN(C)C1)C(C)C.CC(C)N(B1CCCN(C)C1)C(C)C. The molecule has 28 heavy (non-hydrogen) atoms. The molecule has 2 rings (SSSR count). The summed E-state index contributed by atoms with van der Waals surface area (Å²) in [5, 5.41) is 0. The van der Waals surface area contributed by atoms with Crippen molar-refractivity contribution in [2.75, 3.05) is 40.1 Å². The van der Waals surface area contributed by atoms with Crippen molar-refractivity contribution in [2.24, 2.45) is 0 Å². The molecule has 0 unspecified atom stereocenters. The summed E-state index contributed by atoms with van der Waals surface area (Å²) in [6, 6.07) is 2.59. The molecule has 2 aliphatic rings. The Bertz CT molecular complexity index is 438. The van der Waals surface area contributed by atoms with Gasteiger partial charge in [0.15, 0.2) is 0 Å². The number of hydrogen-bond donors (Lipinski definition) is 0. The largest absolute Gasteiger partial charge is 0.337 e. The minimum absolute atomic E-state index is 0.591. The highest BCUT2D eigenvalue weighted by Gasteiger charge is 2.30. The molecule has 0 N–H and O–H groups in total. The third-order valence-electron chi connectivity index (χ3n) is 6.06. The zero-order chi connectivity index (χ0) is 21.4. The van der Waals surface area contributed by atoms with E-state index in [0.717, 1.165) is 19.8 Å². The minimum atomic E-state index is 0.591. The van der Waals surface area contributed by atoms with E-state index in [1.54, 1.807) is 0 Å². The van der Waals surface area contributed by atoms with Crippen LogP contribution in [-0.4, -0.2) is 97.4 Å². The Labute approximate surface area is 177 Å². The van der Waals surface area contributed by atoms with Crippen LogP contribution in [0.25, 0.3) is 0 Å². The van der Waals surface area contributed by atoms with Crippen LogP contribution < -0.4 is 0 Å². The first-order chi connectivity index (χ1) is 13.0. The van der Waals surface area contributed by atoms with Crippen LogP contribution in [0.4, 0.5) is 0 Å². The lowest BCUT2D eigenvalue weighted by molar-refractivity contribution is 0.272. The molecule has 0 aromatic carbocycles. The van der Waals surface area contributed by atoms with Gasteiger partial charge in [-0.2, -0.15) is 0 Å². The molecule has 0 aliphatic carbocycles. The lowest BCUT2D eigenvalue weighted by atomic mass is 9.53. The van der Waals surface area contributed by atoms with Crippen molar-refractivity contribution in [1.29, 1.82) is 0 Å². The average molecular weight is 390 g/mol. The van der Waals surface area contributed by atoms with E-state index in [2.05, 4.69) is 101 Å². The number of nitrogens with zero attached hydrogens (tertiary/aromatic N) is 4. The van der Waals surface area contributed by atoms with Gasteiger partial charge < -0.3 is 19.4 Å². The summed E-state index contributed by atoms with van der Waals surface area (Å²) < 4.78 is 0. The molecule has 0 aromatic heterocycles. The van der Waals surface area contributed by atoms with Gasteiger partial charge in [-0.3, -0.25) is 0 Å². The van der Waals surface area contributed by atoms with E-state index in [4.69, 9.17) is 0 Å². The van der Waals surface area contributed by atoms with Crippen LogP contribution in [0.3, 0.4) is 0 Å². The molecule has 1 fully saturated rings. The standard InChI is InChI=1S/C11H25BN2.C11H23BN2/c2*1-10(2)14(11(3)4)12-7-6-8-13(5)9-12/h10-11H,6-9H2,1-5H3;6-7,10-11H,8-9H2,1-5H3. The summed E-state index contributed by atoms with van der Waals surface area (Å²) in [6.07, 6.45) is 7.42. The maximum absolute atomic E-state index is 2.66. The second kappa shape index (κ2) is 12.4. The van der Waals surface area contributed by atoms with Gasteiger partial charge in [0.1, 0.15) is 0 Å². The van der Waals surface area contributed by atoms with Crippen LogP contribution in [-0.2, 0) is 0 Å². The summed E-state index contributed by atoms with van der Waals surface area (Å²) in [6.45, 7) is 22.1. The number of likely N-dealkylation sites (N-methyl/N-ethyl adjacent to an activating group) is 1. The maximum atomic E-state index is 2.66. The first-order valence-corrected chi connectivity index (χ1v) is 11.6. The summed E-state index contributed by atoms with van der Waals surface area (Å²) in [4.78, 5) is 10.1. The Kier molecular flexibility index (Phi) is 11.4. The van der Waals surface area contributed by atoms with Crippen molar-refractivity contribution < 1.29 is 0 Å². The van der Waals surface area contributed by atoms with Crippen molar-refractivity contribution in [1.82, 2.24) is 19.4 Å². The fourth-order valence-electron chi connectivity index (χ4n) is 5.23. The van der Waals surface area contributed by atoms with E-state index >= 15 is 0 Å². The van der Waals surface area contributed by atoms with Gasteiger partial charge in [-0.25, -0.2) is 0 Å². The van der Waals surface area contributed by atoms with E-state index in [9.17, 15) is 0 Å². The summed E-state index contributed by atoms with van der Waals surface area (Å²) in [5.74, 6) is 2.36. The van der Waals surface area contributed by atoms with Crippen LogP contribution in [0.1, 0.15) is 61.8 Å². The average Bonchev–Trinajstić information content (AvgIpc) is 2.54. The van der Waals surface area contributed by atoms with Crippen molar-refractivity contribution in [3.05, 3.63) is 12.1 Å². The monoisotopic (exact) mass is 390 g/mol. The Balaban J connectivity index is 0.000000280. The van der Waals surface area contributed by atoms with Crippen LogP contribution in [0, 0.1) is 0 Å². The van der Waals surface area contributed by atoms with Crippen LogP contribution in [0.15, 0.2) is 12.1 Å². The molecule has 0 radical (unpaired) electrons. The summed E-state index contributed by atoms with van der Waals surface area (Å²) >= 11 is 0. The highest BCUT2D eigenvalue weighted by Crippen LogP contribution is 2.17. The molecule has 1 saturated heterocycles. The highest BCUT2D eigenvalue weighted by molar-refractivity contribution is 6.62. The number of rotatable bonds is 6. The fourth-order valence-corrected chi connectivity index (χ4v) is 5.23. The van der Waals surface area contributed by atoms with Crippen molar-refractivity contribution in [3.8, 4) is 0 Å². The predicted molar refractivity (Wildman–Crippen MR) is 129 cm³/mol. The Hall–Kier alpha value is -0.290. The van der Waals surface area contributed by atoms with Crippen molar-refractivity contribution >= 4 is 13.7 Å². The minimum Gasteiger partial charge on any atom is -0.337 e. The van der Waals surface area contributed by atoms with Crippen molar-refractivity contribution in [3.63, 3.8) is 0 Å². The van der Waals surface area contributed by atoms with Crippen LogP contribution in [0.5, 0.6) is 0 Å². The predicted octanol–water partition coefficient (Wildman–Crippen LogP) is 3.65. The molecule has 0 aromatic rings. The molecule has 0 spiro atoms. The van der Waals surface area contributed by atoms with Gasteiger partial charge >= 0.3 is 0 Å². The zero-order valence-corrected chi connectivity index (χ0v) is 20.7. The molecule has 0 bridgehead atoms. The lowest BCUT2D eigenvalue weighted by Crippen LogP contribution is -2.55. The topological polar surface area (TPSA) is 13.0 Å². The van der Waals surface area contributed by atoms with Gasteiger partial charge in [0.05, 0.1) is 0 Å². The summed E-state index contributed by atoms with van der Waals surface area (Å²) in [7, 11) is 4.43. The summed E-state index contributed by atoms with van der Waals surface area (Å²) in [5.41, 5.74) is 0. The Morgan fingerprint density at radius 2 is 1.29 bits per heavy atom. The van der Waals surface area contributed by atoms with Crippen LogP contribution in [0.2, 0.25) is 6.32 Å². The van der Waals surface area contributed by atoms with E-state index < -0.39 is 0 Å². The third-order valence-corrected chi connectivity index (χ3v) is 6.06. The fraction of sp³-hybridized carbons (Fsp3) is 0.909. The molecule has 162 valence electrons. The smallest absolute Gasteiger partial charge is 0.264 e. The van der Waals surface area contributed by atoms with Gasteiger partial charge in [0.25, 0.3) is 6.85 Å². The molecule has 2 heterocycles. The first kappa shape index (κ1) is 25.7. The number of hydrogen-bond acceptors (Lipinski definition) is 4. The molecule has 0 atom stereocenters. The second-order valence-corrected chi connectivity index (χ2v) is 10.0. The molecule has 4 nitrogen and oxygen atoms in total. The Morgan fingerprint density at radius 3 is 1.71 bits per heavy atom. The molecule has 6 heteroatoms. The van der Waals surface area contributed by atoms with E-state index in [1.165, 1.54) is 25.7 Å². The molecule has 0 saturated carbocycles. The highest BCUT2D eigenvalue weighted by atomic mass is 15.2. The van der Waals surface area contributed by atoms with E-state index in [0.29, 0.717) is 31.0 Å². The Morgan fingerprint density at radius 1 is 0.750 bits per heavy atom. The normalized spacial score (nSPS) is 19.6. The first-order valence-electron chi connectivity index (χ1n) is 11.6. The van der Waals surface area contributed by atoms with Gasteiger partial charge in [0.2, 0.25) is 6.85 Å². The quantitative estimate of drug-likeness (QED) is 0.642. The molecular formula is C22H48B2N4. The maximum Gasteiger partial charge on any atom is 0.264 e. The van der Waals surface area contributed by atoms with Gasteiger partial charge in [-0.05, 0) is 64.1 Å². The zero-order valence-electron chi connectivity index (χ0n) is 20.7.